The predicted octanol–water partition coefficient (Wildman–Crippen LogP) is 3.27. The fourth-order valence-electron chi connectivity index (χ4n) is 2.66. The van der Waals surface area contributed by atoms with Crippen molar-refractivity contribution in [2.24, 2.45) is 5.92 Å². The number of carbonyl (C=O) groups excluding carboxylic acids is 2. The number of amides is 3. The third kappa shape index (κ3) is 6.33. The van der Waals surface area contributed by atoms with Crippen molar-refractivity contribution in [3.8, 4) is 11.1 Å². The first-order chi connectivity index (χ1) is 12.5. The van der Waals surface area contributed by atoms with Crippen LogP contribution in [0.4, 0.5) is 4.79 Å². The van der Waals surface area contributed by atoms with Crippen molar-refractivity contribution in [3.05, 3.63) is 60.2 Å². The number of likely N-dealkylation sites (N-methyl/N-ethyl adjacent to an activating group) is 1. The smallest absolute Gasteiger partial charge is 0.321 e. The van der Waals surface area contributed by atoms with E-state index in [1.54, 1.807) is 0 Å². The van der Waals surface area contributed by atoms with E-state index in [-0.39, 0.29) is 12.5 Å². The van der Waals surface area contributed by atoms with Gasteiger partial charge in [0.2, 0.25) is 5.91 Å². The monoisotopic (exact) mass is 353 g/mol. The molecule has 26 heavy (non-hydrogen) atoms. The molecule has 0 aliphatic carbocycles. The van der Waals surface area contributed by atoms with Gasteiger partial charge >= 0.3 is 6.03 Å². The first-order valence-electron chi connectivity index (χ1n) is 8.85. The van der Waals surface area contributed by atoms with Crippen LogP contribution in [0.1, 0.15) is 19.4 Å². The Kier molecular flexibility index (Phi) is 7.36. The second-order valence-electron chi connectivity index (χ2n) is 6.85. The molecule has 0 bridgehead atoms. The van der Waals surface area contributed by atoms with E-state index in [0.29, 0.717) is 19.0 Å². The number of nitrogens with zero attached hydrogens (tertiary/aromatic N) is 1. The summed E-state index contributed by atoms with van der Waals surface area (Å²) in [6, 6.07) is 17.9. The normalized spacial score (nSPS) is 10.8. The zero-order valence-corrected chi connectivity index (χ0v) is 15.7. The van der Waals surface area contributed by atoms with Crippen LogP contribution in [0.5, 0.6) is 0 Å². The standard InChI is InChI=1S/C21H27N3O2/c1-16(2)13-22-21(26)23-20(25)15-24(3)14-18-11-7-8-12-19(18)17-9-5-4-6-10-17/h4-12,16H,13-15H2,1-3H3,(H2,22,23,25,26). The van der Waals surface area contributed by atoms with E-state index in [4.69, 9.17) is 0 Å². The van der Waals surface area contributed by atoms with Crippen LogP contribution < -0.4 is 10.6 Å². The molecule has 5 nitrogen and oxygen atoms in total. The molecule has 0 saturated carbocycles. The van der Waals surface area contributed by atoms with Crippen molar-refractivity contribution in [2.75, 3.05) is 20.1 Å². The molecule has 0 spiro atoms. The van der Waals surface area contributed by atoms with Gasteiger partial charge in [-0.25, -0.2) is 4.79 Å². The van der Waals surface area contributed by atoms with Gasteiger partial charge in [-0.05, 0) is 29.7 Å². The number of imide groups is 1. The summed E-state index contributed by atoms with van der Waals surface area (Å²) in [5.41, 5.74) is 3.43. The van der Waals surface area contributed by atoms with E-state index in [1.807, 2.05) is 56.1 Å². The Bertz CT molecular complexity index is 729. The Hall–Kier alpha value is -2.66. The van der Waals surface area contributed by atoms with Gasteiger partial charge in [-0.1, -0.05) is 68.4 Å². The second kappa shape index (κ2) is 9.73. The van der Waals surface area contributed by atoms with Gasteiger partial charge in [-0.2, -0.15) is 0 Å². The number of carbonyl (C=O) groups is 2. The maximum Gasteiger partial charge on any atom is 0.321 e. The molecule has 3 amide bonds. The Labute approximate surface area is 155 Å². The van der Waals surface area contributed by atoms with Crippen LogP contribution in [0.3, 0.4) is 0 Å². The number of benzene rings is 2. The number of hydrogen-bond acceptors (Lipinski definition) is 3. The zero-order valence-electron chi connectivity index (χ0n) is 15.7. The van der Waals surface area contributed by atoms with Crippen molar-refractivity contribution < 1.29 is 9.59 Å². The second-order valence-corrected chi connectivity index (χ2v) is 6.85. The van der Waals surface area contributed by atoms with E-state index in [9.17, 15) is 9.59 Å². The van der Waals surface area contributed by atoms with Gasteiger partial charge in [0.1, 0.15) is 0 Å². The minimum absolute atomic E-state index is 0.151. The molecule has 2 aromatic rings. The van der Waals surface area contributed by atoms with E-state index in [1.165, 1.54) is 0 Å². The molecule has 0 aromatic heterocycles. The lowest BCUT2D eigenvalue weighted by molar-refractivity contribution is -0.120. The topological polar surface area (TPSA) is 61.4 Å². The quantitative estimate of drug-likeness (QED) is 0.803. The summed E-state index contributed by atoms with van der Waals surface area (Å²) >= 11 is 0. The average Bonchev–Trinajstić information content (AvgIpc) is 2.61. The largest absolute Gasteiger partial charge is 0.338 e. The number of hydrogen-bond donors (Lipinski definition) is 2. The molecule has 0 atom stereocenters. The van der Waals surface area contributed by atoms with Crippen molar-refractivity contribution >= 4 is 11.9 Å². The minimum atomic E-state index is -0.443. The van der Waals surface area contributed by atoms with E-state index in [0.717, 1.165) is 16.7 Å². The lowest BCUT2D eigenvalue weighted by Gasteiger charge is -2.18. The molecule has 2 aromatic carbocycles. The molecule has 2 N–H and O–H groups in total. The highest BCUT2D eigenvalue weighted by molar-refractivity contribution is 5.95. The number of nitrogens with one attached hydrogen (secondary N) is 2. The van der Waals surface area contributed by atoms with E-state index in [2.05, 4.69) is 34.9 Å². The highest BCUT2D eigenvalue weighted by Crippen LogP contribution is 2.24. The van der Waals surface area contributed by atoms with Gasteiger partial charge in [0, 0.05) is 13.1 Å². The zero-order chi connectivity index (χ0) is 18.9. The molecule has 0 aliphatic heterocycles. The summed E-state index contributed by atoms with van der Waals surface area (Å²) in [6.45, 7) is 5.31. The van der Waals surface area contributed by atoms with Crippen LogP contribution in [0.2, 0.25) is 0 Å². The third-order valence-electron chi connectivity index (χ3n) is 3.88. The molecule has 0 aliphatic rings. The average molecular weight is 353 g/mol. The Morgan fingerprint density at radius 1 is 1.00 bits per heavy atom. The lowest BCUT2D eigenvalue weighted by atomic mass is 9.99. The summed E-state index contributed by atoms with van der Waals surface area (Å²) in [6.07, 6.45) is 0. The van der Waals surface area contributed by atoms with Crippen molar-refractivity contribution in [2.45, 2.75) is 20.4 Å². The molecule has 0 unspecified atom stereocenters. The van der Waals surface area contributed by atoms with Gasteiger partial charge in [0.05, 0.1) is 6.54 Å². The SMILES string of the molecule is CC(C)CNC(=O)NC(=O)CN(C)Cc1ccccc1-c1ccccc1. The highest BCUT2D eigenvalue weighted by atomic mass is 16.2. The van der Waals surface area contributed by atoms with Crippen molar-refractivity contribution in [1.82, 2.24) is 15.5 Å². The van der Waals surface area contributed by atoms with Crippen molar-refractivity contribution in [3.63, 3.8) is 0 Å². The summed E-state index contributed by atoms with van der Waals surface area (Å²) in [5.74, 6) is 0.0268. The molecule has 0 fully saturated rings. The van der Waals surface area contributed by atoms with Gasteiger partial charge in [-0.15, -0.1) is 0 Å². The molecular formula is C21H27N3O2. The molecular weight excluding hydrogens is 326 g/mol. The van der Waals surface area contributed by atoms with Crippen LogP contribution in [-0.4, -0.2) is 37.0 Å². The Balaban J connectivity index is 1.93. The van der Waals surface area contributed by atoms with Crippen LogP contribution >= 0.6 is 0 Å². The Morgan fingerprint density at radius 3 is 2.35 bits per heavy atom. The molecule has 0 saturated heterocycles. The van der Waals surface area contributed by atoms with E-state index >= 15 is 0 Å². The summed E-state index contributed by atoms with van der Waals surface area (Å²) < 4.78 is 0. The first kappa shape index (κ1) is 19.7. The lowest BCUT2D eigenvalue weighted by Crippen LogP contribution is -2.44. The highest BCUT2D eigenvalue weighted by Gasteiger charge is 2.12. The van der Waals surface area contributed by atoms with Crippen LogP contribution in [0, 0.1) is 5.92 Å². The number of urea groups is 1. The van der Waals surface area contributed by atoms with Crippen LogP contribution in [0.15, 0.2) is 54.6 Å². The third-order valence-corrected chi connectivity index (χ3v) is 3.88. The predicted molar refractivity (Wildman–Crippen MR) is 105 cm³/mol. The summed E-state index contributed by atoms with van der Waals surface area (Å²) in [5, 5.41) is 5.04. The number of rotatable bonds is 7. The van der Waals surface area contributed by atoms with Crippen LogP contribution in [0.25, 0.3) is 11.1 Å². The fraction of sp³-hybridized carbons (Fsp3) is 0.333. The van der Waals surface area contributed by atoms with Gasteiger partial charge < -0.3 is 5.32 Å². The molecule has 5 heteroatoms. The van der Waals surface area contributed by atoms with E-state index < -0.39 is 6.03 Å². The van der Waals surface area contributed by atoms with Gasteiger partial charge in [-0.3, -0.25) is 15.0 Å². The first-order valence-corrected chi connectivity index (χ1v) is 8.85. The van der Waals surface area contributed by atoms with Gasteiger partial charge in [0.25, 0.3) is 0 Å². The van der Waals surface area contributed by atoms with Gasteiger partial charge in [0.15, 0.2) is 0 Å². The summed E-state index contributed by atoms with van der Waals surface area (Å²) in [4.78, 5) is 25.6. The molecule has 2 rings (SSSR count). The fourth-order valence-corrected chi connectivity index (χ4v) is 2.66. The van der Waals surface area contributed by atoms with Crippen molar-refractivity contribution in [1.29, 1.82) is 0 Å². The van der Waals surface area contributed by atoms with Crippen LogP contribution in [-0.2, 0) is 11.3 Å². The molecule has 0 radical (unpaired) electrons. The Morgan fingerprint density at radius 2 is 1.65 bits per heavy atom. The maximum atomic E-state index is 12.0. The molecule has 0 heterocycles. The maximum absolute atomic E-state index is 12.0. The minimum Gasteiger partial charge on any atom is -0.338 e. The molecule has 138 valence electrons. The summed E-state index contributed by atoms with van der Waals surface area (Å²) in [7, 11) is 1.87.